The monoisotopic (exact) mass is 657 g/mol. The van der Waals surface area contributed by atoms with E-state index in [0.29, 0.717) is 50.3 Å². The van der Waals surface area contributed by atoms with Gasteiger partial charge in [0.05, 0.1) is 37.5 Å². The van der Waals surface area contributed by atoms with Crippen molar-refractivity contribution in [1.29, 1.82) is 0 Å². The lowest BCUT2D eigenvalue weighted by atomic mass is 9.94. The Bertz CT molecular complexity index is 1500. The molecule has 14 heteroatoms. The van der Waals surface area contributed by atoms with E-state index in [-0.39, 0.29) is 33.6 Å². The Kier molecular flexibility index (Phi) is 9.28. The molecule has 4 aliphatic rings. The first kappa shape index (κ1) is 33.3. The van der Waals surface area contributed by atoms with E-state index in [4.69, 9.17) is 4.74 Å². The predicted molar refractivity (Wildman–Crippen MR) is 172 cm³/mol. The number of rotatable bonds is 10. The van der Waals surface area contributed by atoms with E-state index < -0.39 is 27.5 Å². The van der Waals surface area contributed by atoms with E-state index in [1.807, 2.05) is 7.05 Å². The van der Waals surface area contributed by atoms with Crippen LogP contribution in [0.2, 0.25) is 0 Å². The quantitative estimate of drug-likeness (QED) is 0.246. The number of piperidine rings is 2. The van der Waals surface area contributed by atoms with Gasteiger partial charge in [0.1, 0.15) is 5.72 Å². The summed E-state index contributed by atoms with van der Waals surface area (Å²) in [5.41, 5.74) is -0.240. The van der Waals surface area contributed by atoms with Gasteiger partial charge in [0.15, 0.2) is 17.5 Å². The molecule has 3 atom stereocenters. The number of aromatic amines is 1. The number of sulfonamides is 1. The Balaban J connectivity index is 1.39. The van der Waals surface area contributed by atoms with E-state index in [2.05, 4.69) is 44.5 Å². The molecular formula is C32H49N8O5S+. The number of amides is 1. The molecule has 1 amide bonds. The summed E-state index contributed by atoms with van der Waals surface area (Å²) in [7, 11) is 1.90. The molecule has 0 radical (unpaired) electrons. The number of nitrogens with one attached hydrogen (secondary N) is 3. The number of nitrogens with zero attached hydrogens (tertiary/aromatic N) is 5. The molecule has 5 heterocycles. The lowest BCUT2D eigenvalue weighted by molar-refractivity contribution is -0.889. The summed E-state index contributed by atoms with van der Waals surface area (Å²) < 4.78 is 37.9. The van der Waals surface area contributed by atoms with Gasteiger partial charge in [0, 0.05) is 75.7 Å². The third-order valence-corrected chi connectivity index (χ3v) is 12.7. The van der Waals surface area contributed by atoms with Crippen LogP contribution in [0.25, 0.3) is 0 Å². The zero-order chi connectivity index (χ0) is 32.7. The number of quaternary nitrogens is 1. The van der Waals surface area contributed by atoms with Gasteiger partial charge < -0.3 is 25.3 Å². The number of benzene rings is 1. The summed E-state index contributed by atoms with van der Waals surface area (Å²) >= 11 is 0. The Morgan fingerprint density at radius 3 is 2.33 bits per heavy atom. The first-order chi connectivity index (χ1) is 21.9. The molecule has 0 aliphatic carbocycles. The third kappa shape index (κ3) is 5.76. The summed E-state index contributed by atoms with van der Waals surface area (Å²) in [5.74, 6) is -0.244. The molecule has 4 aliphatic heterocycles. The second-order valence-electron chi connectivity index (χ2n) is 13.8. The van der Waals surface area contributed by atoms with E-state index >= 15 is 0 Å². The normalized spacial score (nSPS) is 28.5. The van der Waals surface area contributed by atoms with Crippen LogP contribution in [0.1, 0.15) is 48.7 Å². The van der Waals surface area contributed by atoms with Gasteiger partial charge in [-0.1, -0.05) is 12.1 Å². The smallest absolute Gasteiger partial charge is 0.334 e. The Labute approximate surface area is 272 Å². The summed E-state index contributed by atoms with van der Waals surface area (Å²) in [6.07, 6.45) is 6.18. The van der Waals surface area contributed by atoms with Crippen molar-refractivity contribution in [3.63, 3.8) is 0 Å². The van der Waals surface area contributed by atoms with Crippen LogP contribution in [0, 0.1) is 0 Å². The minimum Gasteiger partial charge on any atom is -0.354 e. The van der Waals surface area contributed by atoms with E-state index in [9.17, 15) is 18.0 Å². The van der Waals surface area contributed by atoms with Gasteiger partial charge in [0.25, 0.3) is 0 Å². The molecule has 3 unspecified atom stereocenters. The van der Waals surface area contributed by atoms with Crippen molar-refractivity contribution < 1.29 is 27.2 Å². The number of hydrogen-bond donors (Lipinski definition) is 3. The van der Waals surface area contributed by atoms with Gasteiger partial charge >= 0.3 is 5.91 Å². The van der Waals surface area contributed by atoms with Crippen molar-refractivity contribution in [3.05, 3.63) is 48.0 Å². The number of aromatic nitrogens is 2. The molecule has 2 aromatic rings. The van der Waals surface area contributed by atoms with Crippen molar-refractivity contribution in [2.75, 3.05) is 73.5 Å². The van der Waals surface area contributed by atoms with Crippen LogP contribution in [0.4, 0.5) is 0 Å². The SMILES string of the molecule is CC(=O)c1ccc(S(=O)(=O)N2C(Cc3cnc[nH]3)C(=O)[N+](C)(CCN3CC(CN(C)C)OC34CCNCC4)C23CCNCC3)cc1. The number of carbonyl (C=O) groups is 2. The summed E-state index contributed by atoms with van der Waals surface area (Å²) in [6, 6.07) is 5.17. The fraction of sp³-hybridized carbons (Fsp3) is 0.656. The maximum absolute atomic E-state index is 14.9. The number of H-pyrrole nitrogens is 1. The van der Waals surface area contributed by atoms with Crippen LogP contribution in [-0.2, 0) is 26.0 Å². The summed E-state index contributed by atoms with van der Waals surface area (Å²) in [4.78, 5) is 38.8. The van der Waals surface area contributed by atoms with Crippen LogP contribution < -0.4 is 10.6 Å². The zero-order valence-corrected chi connectivity index (χ0v) is 28.3. The van der Waals surface area contributed by atoms with Gasteiger partial charge in [-0.05, 0) is 46.2 Å². The van der Waals surface area contributed by atoms with Crippen LogP contribution in [0.3, 0.4) is 0 Å². The lowest BCUT2D eigenvalue weighted by Crippen LogP contribution is -2.70. The minimum atomic E-state index is -4.16. The molecule has 0 saturated carbocycles. The molecule has 252 valence electrons. The molecule has 4 saturated heterocycles. The lowest BCUT2D eigenvalue weighted by Gasteiger charge is -2.49. The van der Waals surface area contributed by atoms with Gasteiger partial charge in [-0.15, -0.1) is 4.31 Å². The van der Waals surface area contributed by atoms with Crippen LogP contribution in [-0.4, -0.2) is 146 Å². The number of imidazole rings is 1. The molecule has 3 N–H and O–H groups in total. The average Bonchev–Trinajstić information content (AvgIpc) is 3.70. The van der Waals surface area contributed by atoms with Gasteiger partial charge in [-0.3, -0.25) is 9.69 Å². The highest BCUT2D eigenvalue weighted by Gasteiger charge is 2.71. The molecule has 1 aromatic carbocycles. The Morgan fingerprint density at radius 1 is 1.09 bits per heavy atom. The molecule has 6 rings (SSSR count). The number of likely N-dealkylation sites (N-methyl/N-ethyl adjacent to an activating group) is 2. The van der Waals surface area contributed by atoms with Crippen LogP contribution in [0.5, 0.6) is 0 Å². The van der Waals surface area contributed by atoms with Gasteiger partial charge in [0.2, 0.25) is 10.0 Å². The summed E-state index contributed by atoms with van der Waals surface area (Å²) in [6.45, 7) is 7.04. The predicted octanol–water partition coefficient (Wildman–Crippen LogP) is 0.623. The highest BCUT2D eigenvalue weighted by atomic mass is 32.2. The van der Waals surface area contributed by atoms with Gasteiger partial charge in [-0.25, -0.2) is 22.7 Å². The molecule has 0 bridgehead atoms. The largest absolute Gasteiger partial charge is 0.354 e. The number of carbonyl (C=O) groups excluding carboxylic acids is 2. The average molecular weight is 658 g/mol. The van der Waals surface area contributed by atoms with Crippen molar-refractivity contribution in [1.82, 2.24) is 34.7 Å². The van der Waals surface area contributed by atoms with Crippen molar-refractivity contribution in [3.8, 4) is 0 Å². The number of ketones is 1. The second-order valence-corrected chi connectivity index (χ2v) is 15.6. The maximum Gasteiger partial charge on any atom is 0.334 e. The summed E-state index contributed by atoms with van der Waals surface area (Å²) in [5, 5.41) is 6.87. The first-order valence-electron chi connectivity index (χ1n) is 16.4. The molecule has 13 nitrogen and oxygen atoms in total. The molecule has 1 aromatic heterocycles. The Morgan fingerprint density at radius 2 is 1.74 bits per heavy atom. The highest BCUT2D eigenvalue weighted by molar-refractivity contribution is 7.89. The standard InChI is InChI=1S/C32H49N8O5S/c1-24(41)25-5-7-28(8-6-25)46(43,44)39-29(19-26-20-35-23-36-26)30(42)40(4,31(39)9-13-33-14-10-31)18-17-38-22-27(21-37(2)3)45-32(38)11-15-34-16-12-32/h5-8,20,23,27,29,33-34H,9-19,21-22H2,1-4H3,(H,35,36)/q+1. The third-order valence-electron chi connectivity index (χ3n) is 10.7. The van der Waals surface area contributed by atoms with Crippen LogP contribution in [0.15, 0.2) is 41.7 Å². The van der Waals surface area contributed by atoms with Crippen molar-refractivity contribution in [2.24, 2.45) is 0 Å². The minimum absolute atomic E-state index is 0.0125. The number of Topliss-reactive ketones (excluding diaryl/α,β-unsaturated/α-hetero) is 1. The van der Waals surface area contributed by atoms with Crippen molar-refractivity contribution >= 4 is 21.7 Å². The van der Waals surface area contributed by atoms with E-state index in [1.165, 1.54) is 19.1 Å². The molecule has 2 spiro atoms. The first-order valence-corrected chi connectivity index (χ1v) is 17.9. The van der Waals surface area contributed by atoms with Gasteiger partial charge in [-0.2, -0.15) is 0 Å². The number of ether oxygens (including phenoxy) is 1. The fourth-order valence-corrected chi connectivity index (χ4v) is 10.4. The number of hydrogen-bond acceptors (Lipinski definition) is 10. The molecular weight excluding hydrogens is 608 g/mol. The van der Waals surface area contributed by atoms with Crippen molar-refractivity contribution in [2.45, 2.75) is 67.5 Å². The van der Waals surface area contributed by atoms with E-state index in [1.54, 1.807) is 29.0 Å². The molecule has 46 heavy (non-hydrogen) atoms. The van der Waals surface area contributed by atoms with E-state index in [0.717, 1.165) is 39.0 Å². The topological polar surface area (TPSA) is 140 Å². The second kappa shape index (κ2) is 12.8. The highest BCUT2D eigenvalue weighted by Crippen LogP contribution is 2.48. The maximum atomic E-state index is 14.9. The zero-order valence-electron chi connectivity index (χ0n) is 27.5. The Hall–Kier alpha value is -2.56. The molecule has 4 fully saturated rings. The van der Waals surface area contributed by atoms with Crippen LogP contribution >= 0.6 is 0 Å². The fourth-order valence-electron chi connectivity index (χ4n) is 8.35.